The van der Waals surface area contributed by atoms with E-state index in [1.807, 2.05) is 48.1 Å². The number of esters is 1. The monoisotopic (exact) mass is 455 g/mol. The predicted octanol–water partition coefficient (Wildman–Crippen LogP) is 5.05. The van der Waals surface area contributed by atoms with Crippen molar-refractivity contribution in [1.82, 2.24) is 4.57 Å². The zero-order chi connectivity index (χ0) is 24.0. The van der Waals surface area contributed by atoms with Crippen LogP contribution < -0.4 is 4.74 Å². The first-order valence-corrected chi connectivity index (χ1v) is 10.7. The van der Waals surface area contributed by atoms with Crippen molar-refractivity contribution >= 4 is 28.7 Å². The van der Waals surface area contributed by atoms with Gasteiger partial charge in [0.2, 0.25) is 5.78 Å². The van der Waals surface area contributed by atoms with Crippen molar-refractivity contribution < 1.29 is 29.3 Å². The van der Waals surface area contributed by atoms with Gasteiger partial charge in [0.25, 0.3) is 0 Å². The Morgan fingerprint density at radius 1 is 1.12 bits per heavy atom. The van der Waals surface area contributed by atoms with Crippen molar-refractivity contribution in [2.75, 3.05) is 6.61 Å². The molecule has 4 aromatic rings. The van der Waals surface area contributed by atoms with Gasteiger partial charge in [-0.2, -0.15) is 0 Å². The number of ketones is 1. The molecule has 0 spiro atoms. The minimum atomic E-state index is -0.458. The number of carbonyl (C=O) groups excluding carboxylic acids is 2. The number of carbonyl (C=O) groups is 2. The molecular weight excluding hydrogens is 434 g/mol. The lowest BCUT2D eigenvalue weighted by atomic mass is 9.97. The number of phenols is 2. The minimum Gasteiger partial charge on any atom is -0.508 e. The molecule has 0 aliphatic carbocycles. The smallest absolute Gasteiger partial charge is 0.338 e. The average Bonchev–Trinajstić information content (AvgIpc) is 3.30. The summed E-state index contributed by atoms with van der Waals surface area (Å²) in [6.45, 7) is 2.07. The normalized spacial score (nSPS) is 13.8. The molecule has 1 aliphatic rings. The number of phenolic OH excluding ortho intramolecular Hbond substituents is 2. The Balaban J connectivity index is 1.60. The van der Waals surface area contributed by atoms with E-state index in [0.29, 0.717) is 12.2 Å². The topological polar surface area (TPSA) is 98.0 Å². The lowest BCUT2D eigenvalue weighted by Crippen LogP contribution is -2.04. The van der Waals surface area contributed by atoms with Gasteiger partial charge in [-0.1, -0.05) is 24.3 Å². The van der Waals surface area contributed by atoms with Crippen LogP contribution in [-0.2, 0) is 11.8 Å². The molecule has 0 saturated heterocycles. The van der Waals surface area contributed by atoms with Gasteiger partial charge in [0.15, 0.2) is 5.76 Å². The van der Waals surface area contributed by atoms with Crippen LogP contribution in [0.25, 0.3) is 28.1 Å². The molecule has 1 aliphatic heterocycles. The van der Waals surface area contributed by atoms with Crippen LogP contribution >= 0.6 is 0 Å². The van der Waals surface area contributed by atoms with Gasteiger partial charge >= 0.3 is 5.97 Å². The maximum atomic E-state index is 12.9. The molecule has 0 bridgehead atoms. The maximum absolute atomic E-state index is 12.9. The Kier molecular flexibility index (Phi) is 5.09. The molecule has 0 saturated carbocycles. The Morgan fingerprint density at radius 2 is 1.88 bits per heavy atom. The molecule has 0 amide bonds. The Labute approximate surface area is 195 Å². The van der Waals surface area contributed by atoms with Crippen LogP contribution in [0.1, 0.15) is 33.2 Å². The fourth-order valence-electron chi connectivity index (χ4n) is 4.25. The summed E-state index contributed by atoms with van der Waals surface area (Å²) >= 11 is 0. The van der Waals surface area contributed by atoms with Crippen molar-refractivity contribution in [2.24, 2.45) is 7.05 Å². The number of aromatic nitrogens is 1. The van der Waals surface area contributed by atoms with Crippen LogP contribution in [0.3, 0.4) is 0 Å². The first-order valence-electron chi connectivity index (χ1n) is 10.7. The highest BCUT2D eigenvalue weighted by Gasteiger charge is 2.31. The second-order valence-electron chi connectivity index (χ2n) is 7.97. The second kappa shape index (κ2) is 8.12. The SMILES string of the molecule is CCOC(=O)c1ccc(-c2cccc3c2c(/C=C2\Oc4cc(O)cc(O)c4C2=O)cn3C)cc1. The number of benzene rings is 3. The minimum absolute atomic E-state index is 0.0269. The molecule has 170 valence electrons. The third-order valence-corrected chi connectivity index (χ3v) is 5.77. The number of Topliss-reactive ketones (excluding diaryl/α,β-unsaturated/α-hetero) is 1. The molecule has 34 heavy (non-hydrogen) atoms. The molecule has 0 radical (unpaired) electrons. The number of hydrogen-bond acceptors (Lipinski definition) is 6. The lowest BCUT2D eigenvalue weighted by Gasteiger charge is -2.08. The van der Waals surface area contributed by atoms with Gasteiger partial charge in [-0.05, 0) is 42.3 Å². The first kappa shape index (κ1) is 21.3. The summed E-state index contributed by atoms with van der Waals surface area (Å²) in [6.07, 6.45) is 3.53. The van der Waals surface area contributed by atoms with Gasteiger partial charge in [-0.3, -0.25) is 4.79 Å². The number of rotatable bonds is 4. The third kappa shape index (κ3) is 3.47. The van der Waals surface area contributed by atoms with Crippen molar-refractivity contribution in [3.8, 4) is 28.4 Å². The van der Waals surface area contributed by atoms with Gasteiger partial charge in [-0.25, -0.2) is 4.79 Å². The molecule has 2 heterocycles. The van der Waals surface area contributed by atoms with E-state index in [4.69, 9.17) is 9.47 Å². The summed E-state index contributed by atoms with van der Waals surface area (Å²) in [4.78, 5) is 24.9. The summed E-state index contributed by atoms with van der Waals surface area (Å²) in [5.41, 5.74) is 4.01. The van der Waals surface area contributed by atoms with Gasteiger partial charge in [0.05, 0.1) is 12.2 Å². The lowest BCUT2D eigenvalue weighted by molar-refractivity contribution is 0.0526. The number of allylic oxidation sites excluding steroid dienone is 1. The quantitative estimate of drug-likeness (QED) is 0.330. The molecule has 0 unspecified atom stereocenters. The van der Waals surface area contributed by atoms with E-state index < -0.39 is 5.78 Å². The summed E-state index contributed by atoms with van der Waals surface area (Å²) in [5.74, 6) is -1.18. The van der Waals surface area contributed by atoms with E-state index in [-0.39, 0.29) is 34.5 Å². The second-order valence-corrected chi connectivity index (χ2v) is 7.97. The standard InChI is InChI=1S/C27H21NO6/c1-3-33-27(32)16-9-7-15(8-10-16)19-5-4-6-20-24(19)17(14-28(20)2)11-23-26(31)25-21(30)12-18(29)13-22(25)34-23/h4-14,29-30H,3H2,1-2H3/b23-11-. The third-order valence-electron chi connectivity index (χ3n) is 5.77. The van der Waals surface area contributed by atoms with Gasteiger partial charge < -0.3 is 24.3 Å². The summed E-state index contributed by atoms with van der Waals surface area (Å²) < 4.78 is 12.7. The number of ether oxygens (including phenoxy) is 2. The fraction of sp³-hybridized carbons (Fsp3) is 0.111. The van der Waals surface area contributed by atoms with Gasteiger partial charge in [0.1, 0.15) is 22.8 Å². The molecule has 0 fully saturated rings. The zero-order valence-corrected chi connectivity index (χ0v) is 18.5. The molecule has 0 atom stereocenters. The molecule has 3 aromatic carbocycles. The Bertz CT molecular complexity index is 1490. The number of aromatic hydroxyl groups is 2. The molecule has 7 heteroatoms. The highest BCUT2D eigenvalue weighted by molar-refractivity contribution is 6.17. The Hall–Kier alpha value is -4.52. The van der Waals surface area contributed by atoms with E-state index in [0.717, 1.165) is 33.7 Å². The van der Waals surface area contributed by atoms with Crippen LogP contribution in [0.4, 0.5) is 0 Å². The predicted molar refractivity (Wildman–Crippen MR) is 127 cm³/mol. The molecule has 7 nitrogen and oxygen atoms in total. The molecule has 5 rings (SSSR count). The number of hydrogen-bond donors (Lipinski definition) is 2. The van der Waals surface area contributed by atoms with E-state index in [1.54, 1.807) is 25.1 Å². The van der Waals surface area contributed by atoms with E-state index in [2.05, 4.69) is 0 Å². The summed E-state index contributed by atoms with van der Waals surface area (Å²) in [5, 5.41) is 20.7. The highest BCUT2D eigenvalue weighted by Crippen LogP contribution is 2.41. The van der Waals surface area contributed by atoms with Crippen LogP contribution in [0.5, 0.6) is 17.2 Å². The molecule has 1 aromatic heterocycles. The average molecular weight is 455 g/mol. The van der Waals surface area contributed by atoms with Crippen LogP contribution in [0.15, 0.2) is 66.6 Å². The number of nitrogens with zero attached hydrogens (tertiary/aromatic N) is 1. The van der Waals surface area contributed by atoms with E-state index >= 15 is 0 Å². The number of fused-ring (bicyclic) bond motifs is 2. The van der Waals surface area contributed by atoms with Crippen molar-refractivity contribution in [3.05, 3.63) is 83.2 Å². The molecule has 2 N–H and O–H groups in total. The van der Waals surface area contributed by atoms with Crippen LogP contribution in [-0.4, -0.2) is 33.1 Å². The van der Waals surface area contributed by atoms with Gasteiger partial charge in [-0.15, -0.1) is 0 Å². The zero-order valence-electron chi connectivity index (χ0n) is 18.5. The van der Waals surface area contributed by atoms with Crippen LogP contribution in [0, 0.1) is 0 Å². The van der Waals surface area contributed by atoms with Crippen LogP contribution in [0.2, 0.25) is 0 Å². The van der Waals surface area contributed by atoms with Crippen molar-refractivity contribution in [1.29, 1.82) is 0 Å². The highest BCUT2D eigenvalue weighted by atomic mass is 16.5. The van der Waals surface area contributed by atoms with Gasteiger partial charge in [0, 0.05) is 41.8 Å². The molecular formula is C27H21NO6. The fourth-order valence-corrected chi connectivity index (χ4v) is 4.25. The van der Waals surface area contributed by atoms with E-state index in [1.165, 1.54) is 6.07 Å². The summed E-state index contributed by atoms with van der Waals surface area (Å²) in [6, 6.07) is 15.5. The maximum Gasteiger partial charge on any atom is 0.338 e. The Morgan fingerprint density at radius 3 is 2.62 bits per heavy atom. The largest absolute Gasteiger partial charge is 0.508 e. The van der Waals surface area contributed by atoms with Crippen molar-refractivity contribution in [2.45, 2.75) is 6.92 Å². The summed E-state index contributed by atoms with van der Waals surface area (Å²) in [7, 11) is 1.91. The van der Waals surface area contributed by atoms with E-state index in [9.17, 15) is 19.8 Å². The number of aryl methyl sites for hydroxylation is 1. The van der Waals surface area contributed by atoms with Crippen molar-refractivity contribution in [3.63, 3.8) is 0 Å². The first-order chi connectivity index (χ1) is 16.4.